The highest BCUT2D eigenvalue weighted by atomic mass is 35.5. The van der Waals surface area contributed by atoms with Gasteiger partial charge in [-0.3, -0.25) is 4.79 Å². The topological polar surface area (TPSA) is 68.5 Å². The lowest BCUT2D eigenvalue weighted by Gasteiger charge is -2.22. The third kappa shape index (κ3) is 4.43. The number of hydrogen-bond donors (Lipinski definition) is 0. The summed E-state index contributed by atoms with van der Waals surface area (Å²) in [6.07, 6.45) is 1.25. The van der Waals surface area contributed by atoms with Gasteiger partial charge in [0.2, 0.25) is 17.6 Å². The maximum Gasteiger partial charge on any atom is 0.249 e. The monoisotopic (exact) mass is 411 g/mol. The second-order valence-electron chi connectivity index (χ2n) is 7.35. The van der Waals surface area contributed by atoms with Gasteiger partial charge in [-0.15, -0.1) is 0 Å². The number of nitrogens with zero attached hydrogens (tertiary/aromatic N) is 3. The molecule has 1 fully saturated rings. The number of aromatic nitrogens is 2. The number of amides is 1. The lowest BCUT2D eigenvalue weighted by molar-refractivity contribution is -0.129. The first-order valence-electron chi connectivity index (χ1n) is 9.64. The smallest absolute Gasteiger partial charge is 0.249 e. The van der Waals surface area contributed by atoms with E-state index in [0.29, 0.717) is 36.1 Å². The Labute approximate surface area is 174 Å². The van der Waals surface area contributed by atoms with Crippen molar-refractivity contribution in [2.45, 2.75) is 45.4 Å². The number of hydrogen-bond acceptors (Lipinski definition) is 5. The van der Waals surface area contributed by atoms with E-state index in [1.54, 1.807) is 4.90 Å². The molecular weight excluding hydrogens is 390 g/mol. The van der Waals surface area contributed by atoms with Crippen LogP contribution < -0.4 is 4.74 Å². The Balaban J connectivity index is 1.51. The molecule has 1 amide bonds. The van der Waals surface area contributed by atoms with Crippen LogP contribution in [0.3, 0.4) is 0 Å². The average molecular weight is 412 g/mol. The molecule has 6 nitrogen and oxygen atoms in total. The van der Waals surface area contributed by atoms with Crippen LogP contribution in [0.15, 0.2) is 53.1 Å². The van der Waals surface area contributed by atoms with Gasteiger partial charge in [0.25, 0.3) is 0 Å². The first-order valence-corrected chi connectivity index (χ1v) is 10.0. The molecule has 1 saturated heterocycles. The van der Waals surface area contributed by atoms with Crippen molar-refractivity contribution < 1.29 is 14.1 Å². The number of benzene rings is 2. The van der Waals surface area contributed by atoms with E-state index in [9.17, 15) is 4.79 Å². The van der Waals surface area contributed by atoms with Gasteiger partial charge in [0.15, 0.2) is 0 Å². The molecule has 1 aliphatic heterocycles. The Hall–Kier alpha value is -2.86. The quantitative estimate of drug-likeness (QED) is 0.568. The highest BCUT2D eigenvalue weighted by Crippen LogP contribution is 2.34. The molecule has 0 bridgehead atoms. The lowest BCUT2D eigenvalue weighted by Crippen LogP contribution is -2.27. The van der Waals surface area contributed by atoms with Gasteiger partial charge in [-0.25, -0.2) is 0 Å². The van der Waals surface area contributed by atoms with Crippen molar-refractivity contribution in [3.05, 3.63) is 65.0 Å². The molecule has 0 saturated carbocycles. The van der Waals surface area contributed by atoms with E-state index < -0.39 is 0 Å². The lowest BCUT2D eigenvalue weighted by atomic mass is 10.1. The van der Waals surface area contributed by atoms with Crippen LogP contribution in [0, 0.1) is 0 Å². The summed E-state index contributed by atoms with van der Waals surface area (Å²) in [6.45, 7) is 4.45. The minimum absolute atomic E-state index is 0.0832. The molecule has 3 aromatic rings. The molecule has 1 aromatic heterocycles. The molecule has 0 spiro atoms. The minimum Gasteiger partial charge on any atom is -0.491 e. The molecule has 0 N–H and O–H groups in total. The highest BCUT2D eigenvalue weighted by molar-refractivity contribution is 6.30. The van der Waals surface area contributed by atoms with E-state index in [1.165, 1.54) is 0 Å². The van der Waals surface area contributed by atoms with Crippen LogP contribution in [-0.2, 0) is 11.3 Å². The van der Waals surface area contributed by atoms with Gasteiger partial charge in [-0.2, -0.15) is 4.98 Å². The first-order chi connectivity index (χ1) is 14.0. The predicted molar refractivity (Wildman–Crippen MR) is 109 cm³/mol. The molecule has 150 valence electrons. The van der Waals surface area contributed by atoms with Gasteiger partial charge < -0.3 is 14.2 Å². The van der Waals surface area contributed by atoms with Crippen molar-refractivity contribution in [3.8, 4) is 17.1 Å². The van der Waals surface area contributed by atoms with E-state index in [4.69, 9.17) is 20.9 Å². The Kier molecular flexibility index (Phi) is 5.53. The minimum atomic E-state index is -0.219. The highest BCUT2D eigenvalue weighted by Gasteiger charge is 2.36. The van der Waals surface area contributed by atoms with Gasteiger partial charge in [-0.05, 0) is 62.2 Å². The first kappa shape index (κ1) is 19.5. The largest absolute Gasteiger partial charge is 0.491 e. The van der Waals surface area contributed by atoms with Gasteiger partial charge in [0, 0.05) is 23.6 Å². The summed E-state index contributed by atoms with van der Waals surface area (Å²) < 4.78 is 11.2. The van der Waals surface area contributed by atoms with Gasteiger partial charge in [0.05, 0.1) is 6.10 Å². The Morgan fingerprint density at radius 2 is 1.90 bits per heavy atom. The third-order valence-corrected chi connectivity index (χ3v) is 5.06. The van der Waals surface area contributed by atoms with E-state index >= 15 is 0 Å². The third-order valence-electron chi connectivity index (χ3n) is 4.81. The van der Waals surface area contributed by atoms with E-state index in [-0.39, 0.29) is 18.1 Å². The van der Waals surface area contributed by atoms with Crippen molar-refractivity contribution in [2.75, 3.05) is 0 Å². The molecular formula is C22H22ClN3O3. The molecule has 0 radical (unpaired) electrons. The van der Waals surface area contributed by atoms with E-state index in [0.717, 1.165) is 16.9 Å². The normalized spacial score (nSPS) is 16.6. The van der Waals surface area contributed by atoms with Crippen molar-refractivity contribution in [2.24, 2.45) is 0 Å². The van der Waals surface area contributed by atoms with Crippen molar-refractivity contribution in [1.82, 2.24) is 15.0 Å². The fourth-order valence-corrected chi connectivity index (χ4v) is 3.54. The fraction of sp³-hybridized carbons (Fsp3) is 0.318. The molecule has 1 unspecified atom stereocenters. The maximum absolute atomic E-state index is 12.4. The number of ether oxygens (including phenoxy) is 1. The van der Waals surface area contributed by atoms with Gasteiger partial charge in [-0.1, -0.05) is 28.9 Å². The fourth-order valence-electron chi connectivity index (χ4n) is 3.42. The van der Waals surface area contributed by atoms with Crippen LogP contribution in [-0.4, -0.2) is 27.1 Å². The predicted octanol–water partition coefficient (Wildman–Crippen LogP) is 5.04. The SMILES string of the molecule is CC(C)Oc1ccc(-c2noc(C3CCC(=O)N3Cc3ccc(Cl)cc3)n2)cc1. The zero-order valence-electron chi connectivity index (χ0n) is 16.3. The van der Waals surface area contributed by atoms with Crippen LogP contribution in [0.5, 0.6) is 5.75 Å². The average Bonchev–Trinajstić information content (AvgIpc) is 3.31. The van der Waals surface area contributed by atoms with Crippen LogP contribution in [0.4, 0.5) is 0 Å². The summed E-state index contributed by atoms with van der Waals surface area (Å²) in [6, 6.07) is 14.8. The summed E-state index contributed by atoms with van der Waals surface area (Å²) in [5.41, 5.74) is 1.85. The summed E-state index contributed by atoms with van der Waals surface area (Å²) in [7, 11) is 0. The molecule has 4 rings (SSSR count). The summed E-state index contributed by atoms with van der Waals surface area (Å²) in [4.78, 5) is 18.8. The van der Waals surface area contributed by atoms with Gasteiger partial charge >= 0.3 is 0 Å². The Morgan fingerprint density at radius 1 is 1.17 bits per heavy atom. The second kappa shape index (κ2) is 8.25. The number of likely N-dealkylation sites (tertiary alicyclic amines) is 1. The van der Waals surface area contributed by atoms with Crippen molar-refractivity contribution in [1.29, 1.82) is 0 Å². The molecule has 2 aromatic carbocycles. The van der Waals surface area contributed by atoms with E-state index in [2.05, 4.69) is 10.1 Å². The second-order valence-corrected chi connectivity index (χ2v) is 7.79. The van der Waals surface area contributed by atoms with Gasteiger partial charge in [0.1, 0.15) is 11.8 Å². The van der Waals surface area contributed by atoms with Crippen molar-refractivity contribution in [3.63, 3.8) is 0 Å². The Bertz CT molecular complexity index is 983. The standard InChI is InChI=1S/C22H22ClN3O3/c1-14(2)28-18-9-5-16(6-10-18)21-24-22(29-25-21)19-11-12-20(27)26(19)13-15-3-7-17(23)8-4-15/h3-10,14,19H,11-13H2,1-2H3. The maximum atomic E-state index is 12.4. The summed E-state index contributed by atoms with van der Waals surface area (Å²) in [5, 5.41) is 4.79. The molecule has 2 heterocycles. The zero-order valence-corrected chi connectivity index (χ0v) is 17.1. The van der Waals surface area contributed by atoms with Crippen LogP contribution in [0.1, 0.15) is 44.2 Å². The van der Waals surface area contributed by atoms with Crippen LogP contribution >= 0.6 is 11.6 Å². The molecule has 1 atom stereocenters. The number of carbonyl (C=O) groups is 1. The van der Waals surface area contributed by atoms with Crippen LogP contribution in [0.25, 0.3) is 11.4 Å². The zero-order chi connectivity index (χ0) is 20.4. The number of carbonyl (C=O) groups excluding carboxylic acids is 1. The number of halogens is 1. The summed E-state index contributed by atoms with van der Waals surface area (Å²) in [5.74, 6) is 1.84. The molecule has 1 aliphatic rings. The summed E-state index contributed by atoms with van der Waals surface area (Å²) >= 11 is 5.96. The molecule has 29 heavy (non-hydrogen) atoms. The number of rotatable bonds is 6. The Morgan fingerprint density at radius 3 is 2.59 bits per heavy atom. The van der Waals surface area contributed by atoms with Crippen LogP contribution in [0.2, 0.25) is 5.02 Å². The molecule has 0 aliphatic carbocycles. The van der Waals surface area contributed by atoms with E-state index in [1.807, 2.05) is 62.4 Å². The molecule has 7 heteroatoms. The van der Waals surface area contributed by atoms with Crippen molar-refractivity contribution >= 4 is 17.5 Å².